The third-order valence-electron chi connectivity index (χ3n) is 5.19. The quantitative estimate of drug-likeness (QED) is 0.646. The van der Waals surface area contributed by atoms with Gasteiger partial charge in [-0.25, -0.2) is 0 Å². The van der Waals surface area contributed by atoms with Gasteiger partial charge in [-0.2, -0.15) is 0 Å². The molecule has 1 aromatic rings. The standard InChI is InChI=1S/C15H19P/c1-2-4-13(5-3-1)16-9-8-14-11-6-7-12(10-11)15(14)16/h1-5,11-12,14-15H,6-10H2. The van der Waals surface area contributed by atoms with Crippen molar-refractivity contribution in [3.05, 3.63) is 30.3 Å². The molecule has 1 saturated heterocycles. The lowest BCUT2D eigenvalue weighted by Gasteiger charge is -2.29. The molecule has 16 heavy (non-hydrogen) atoms. The van der Waals surface area contributed by atoms with Crippen LogP contribution in [0.5, 0.6) is 0 Å². The lowest BCUT2D eigenvalue weighted by Crippen LogP contribution is -2.23. The second kappa shape index (κ2) is 3.57. The van der Waals surface area contributed by atoms with Gasteiger partial charge in [0.05, 0.1) is 0 Å². The van der Waals surface area contributed by atoms with Gasteiger partial charge in [0.15, 0.2) is 0 Å². The van der Waals surface area contributed by atoms with Crippen LogP contribution in [0, 0.1) is 17.8 Å². The summed E-state index contributed by atoms with van der Waals surface area (Å²) in [7, 11) is 0.205. The second-order valence-electron chi connectivity index (χ2n) is 5.81. The Morgan fingerprint density at radius 1 is 0.938 bits per heavy atom. The first-order chi connectivity index (χ1) is 7.93. The van der Waals surface area contributed by atoms with Gasteiger partial charge in [0.2, 0.25) is 0 Å². The van der Waals surface area contributed by atoms with Crippen molar-refractivity contribution in [1.82, 2.24) is 0 Å². The van der Waals surface area contributed by atoms with Crippen molar-refractivity contribution in [3.8, 4) is 0 Å². The predicted octanol–water partition coefficient (Wildman–Crippen LogP) is 3.61. The molecule has 84 valence electrons. The molecule has 2 bridgehead atoms. The van der Waals surface area contributed by atoms with E-state index in [-0.39, 0.29) is 7.92 Å². The van der Waals surface area contributed by atoms with Crippen molar-refractivity contribution in [2.24, 2.45) is 17.8 Å². The van der Waals surface area contributed by atoms with Crippen LogP contribution in [0.3, 0.4) is 0 Å². The molecular weight excluding hydrogens is 211 g/mol. The lowest BCUT2D eigenvalue weighted by atomic mass is 9.87. The van der Waals surface area contributed by atoms with E-state index in [9.17, 15) is 0 Å². The van der Waals surface area contributed by atoms with Crippen LogP contribution in [0.1, 0.15) is 25.7 Å². The maximum Gasteiger partial charge on any atom is -0.0109 e. The van der Waals surface area contributed by atoms with Gasteiger partial charge >= 0.3 is 0 Å². The highest BCUT2D eigenvalue weighted by Gasteiger charge is 2.53. The van der Waals surface area contributed by atoms with Crippen LogP contribution in [-0.2, 0) is 0 Å². The Morgan fingerprint density at radius 2 is 1.75 bits per heavy atom. The zero-order valence-corrected chi connectivity index (χ0v) is 10.6. The molecule has 4 rings (SSSR count). The first kappa shape index (κ1) is 9.66. The van der Waals surface area contributed by atoms with Crippen LogP contribution < -0.4 is 5.30 Å². The highest BCUT2D eigenvalue weighted by atomic mass is 31.1. The van der Waals surface area contributed by atoms with Crippen molar-refractivity contribution in [2.45, 2.75) is 31.3 Å². The molecule has 0 nitrogen and oxygen atoms in total. The summed E-state index contributed by atoms with van der Waals surface area (Å²) < 4.78 is 0. The number of rotatable bonds is 1. The molecule has 1 aromatic carbocycles. The molecule has 0 spiro atoms. The van der Waals surface area contributed by atoms with Crippen LogP contribution in [0.15, 0.2) is 30.3 Å². The molecule has 3 fully saturated rings. The van der Waals surface area contributed by atoms with E-state index in [0.717, 1.165) is 23.4 Å². The number of hydrogen-bond donors (Lipinski definition) is 0. The zero-order chi connectivity index (χ0) is 10.5. The van der Waals surface area contributed by atoms with Crippen LogP contribution in [0.25, 0.3) is 0 Å². The fraction of sp³-hybridized carbons (Fsp3) is 0.600. The largest absolute Gasteiger partial charge is 0.0716 e. The van der Waals surface area contributed by atoms with Gasteiger partial charge in [-0.05, 0) is 60.6 Å². The van der Waals surface area contributed by atoms with E-state index in [1.807, 2.05) is 0 Å². The van der Waals surface area contributed by atoms with E-state index in [1.165, 1.54) is 6.16 Å². The molecule has 0 aromatic heterocycles. The monoisotopic (exact) mass is 230 g/mol. The van der Waals surface area contributed by atoms with Crippen molar-refractivity contribution >= 4 is 13.2 Å². The Balaban J connectivity index is 1.67. The summed E-state index contributed by atoms with van der Waals surface area (Å²) in [5.74, 6) is 3.38. The molecule has 1 aliphatic heterocycles. The third kappa shape index (κ3) is 1.26. The molecule has 3 aliphatic rings. The van der Waals surface area contributed by atoms with Crippen molar-refractivity contribution in [2.75, 3.05) is 6.16 Å². The van der Waals surface area contributed by atoms with E-state index in [0.29, 0.717) is 0 Å². The van der Waals surface area contributed by atoms with E-state index in [1.54, 1.807) is 31.0 Å². The van der Waals surface area contributed by atoms with Gasteiger partial charge < -0.3 is 0 Å². The molecule has 1 heteroatoms. The minimum Gasteiger partial charge on any atom is -0.0716 e. The summed E-state index contributed by atoms with van der Waals surface area (Å²) >= 11 is 0. The van der Waals surface area contributed by atoms with E-state index < -0.39 is 0 Å². The highest BCUT2D eigenvalue weighted by Crippen LogP contribution is 2.66. The Morgan fingerprint density at radius 3 is 2.62 bits per heavy atom. The van der Waals surface area contributed by atoms with Crippen LogP contribution in [0.4, 0.5) is 0 Å². The fourth-order valence-electron chi connectivity index (χ4n) is 4.63. The maximum absolute atomic E-state index is 2.39. The van der Waals surface area contributed by atoms with Gasteiger partial charge in [-0.3, -0.25) is 0 Å². The van der Waals surface area contributed by atoms with E-state index in [4.69, 9.17) is 0 Å². The summed E-state index contributed by atoms with van der Waals surface area (Å²) in [6.45, 7) is 0. The smallest absolute Gasteiger partial charge is 0.0109 e. The van der Waals surface area contributed by atoms with Gasteiger partial charge in [-0.15, -0.1) is 0 Å². The molecular formula is C15H19P. The predicted molar refractivity (Wildman–Crippen MR) is 70.6 cm³/mol. The van der Waals surface area contributed by atoms with Crippen LogP contribution >= 0.6 is 7.92 Å². The van der Waals surface area contributed by atoms with Crippen LogP contribution in [0.2, 0.25) is 0 Å². The molecule has 5 atom stereocenters. The summed E-state index contributed by atoms with van der Waals surface area (Å²) in [6, 6.07) is 11.4. The topological polar surface area (TPSA) is 0 Å². The summed E-state index contributed by atoms with van der Waals surface area (Å²) in [5.41, 5.74) is 1.12. The van der Waals surface area contributed by atoms with Crippen molar-refractivity contribution in [1.29, 1.82) is 0 Å². The van der Waals surface area contributed by atoms with Crippen molar-refractivity contribution in [3.63, 3.8) is 0 Å². The summed E-state index contributed by atoms with van der Waals surface area (Å²) in [6.07, 6.45) is 7.77. The van der Waals surface area contributed by atoms with Gasteiger partial charge in [0.1, 0.15) is 0 Å². The normalized spacial score (nSPS) is 44.9. The molecule has 0 amide bonds. The first-order valence-electron chi connectivity index (χ1n) is 6.75. The van der Waals surface area contributed by atoms with Gasteiger partial charge in [-0.1, -0.05) is 38.3 Å². The average Bonchev–Trinajstić information content (AvgIpc) is 3.03. The van der Waals surface area contributed by atoms with E-state index >= 15 is 0 Å². The first-order valence-corrected chi connectivity index (χ1v) is 8.35. The SMILES string of the molecule is c1ccc(P2CCC3C4CCC(C4)C32)cc1. The molecule has 1 heterocycles. The Bertz CT molecular complexity index is 386. The Hall–Kier alpha value is -0.350. The minimum absolute atomic E-state index is 0.205. The van der Waals surface area contributed by atoms with Crippen LogP contribution in [-0.4, -0.2) is 11.8 Å². The second-order valence-corrected chi connectivity index (χ2v) is 8.30. The lowest BCUT2D eigenvalue weighted by molar-refractivity contribution is 0.349. The molecule has 0 radical (unpaired) electrons. The Labute approximate surface area is 99.2 Å². The molecule has 5 unspecified atom stereocenters. The summed E-state index contributed by atoms with van der Waals surface area (Å²) in [5, 5.41) is 1.69. The van der Waals surface area contributed by atoms with Crippen molar-refractivity contribution < 1.29 is 0 Å². The van der Waals surface area contributed by atoms with Gasteiger partial charge in [0.25, 0.3) is 0 Å². The van der Waals surface area contributed by atoms with Gasteiger partial charge in [0, 0.05) is 0 Å². The Kier molecular flexibility index (Phi) is 2.15. The summed E-state index contributed by atoms with van der Waals surface area (Å²) in [4.78, 5) is 0. The minimum atomic E-state index is 0.205. The maximum atomic E-state index is 2.39. The highest BCUT2D eigenvalue weighted by molar-refractivity contribution is 7.66. The van der Waals surface area contributed by atoms with E-state index in [2.05, 4.69) is 30.3 Å². The fourth-order valence-corrected chi connectivity index (χ4v) is 8.30. The zero-order valence-electron chi connectivity index (χ0n) is 9.68. The molecule has 2 aliphatic carbocycles. The molecule has 2 saturated carbocycles. The molecule has 0 N–H and O–H groups in total. The number of hydrogen-bond acceptors (Lipinski definition) is 0. The average molecular weight is 230 g/mol. The number of fused-ring (bicyclic) bond motifs is 5. The third-order valence-corrected chi connectivity index (χ3v) is 8.42. The number of benzene rings is 1.